The minimum atomic E-state index is -0.220. The van der Waals surface area contributed by atoms with Crippen LogP contribution in [-0.4, -0.2) is 47.7 Å². The average molecular weight is 1040 g/mol. The van der Waals surface area contributed by atoms with Crippen molar-refractivity contribution >= 4 is 22.3 Å². The number of aryl methyl sites for hydroxylation is 1. The molecule has 1 N–H and O–H groups in total. The van der Waals surface area contributed by atoms with E-state index >= 15 is 0 Å². The van der Waals surface area contributed by atoms with Crippen molar-refractivity contribution < 1.29 is 5.11 Å². The molecule has 0 heterocycles. The fraction of sp³-hybridized carbons (Fsp3) is 0.117. The Labute approximate surface area is 474 Å². The van der Waals surface area contributed by atoms with Gasteiger partial charge < -0.3 is 5.11 Å². The van der Waals surface area contributed by atoms with Gasteiger partial charge in [-0.3, -0.25) is 9.80 Å². The first-order valence-corrected chi connectivity index (χ1v) is 28.2. The number of aliphatic hydroxyl groups is 1. The molecule has 0 unspecified atom stereocenters. The summed E-state index contributed by atoms with van der Waals surface area (Å²) in [6.07, 6.45) is 11.7. The highest BCUT2D eigenvalue weighted by molar-refractivity contribution is 5.84. The lowest BCUT2D eigenvalue weighted by Crippen LogP contribution is -2.32. The molecule has 0 saturated carbocycles. The van der Waals surface area contributed by atoms with Crippen LogP contribution in [0.4, 0.5) is 0 Å². The van der Waals surface area contributed by atoms with E-state index in [9.17, 15) is 5.11 Å². The third kappa shape index (κ3) is 13.0. The van der Waals surface area contributed by atoms with Gasteiger partial charge in [0, 0.05) is 32.2 Å². The van der Waals surface area contributed by atoms with Crippen LogP contribution in [0.25, 0.3) is 33.4 Å². The number of nitrogens with zero attached hydrogens (tertiary/aromatic N) is 2. The topological polar surface area (TPSA) is 26.7 Å². The second-order valence-electron chi connectivity index (χ2n) is 20.6. The smallest absolute Gasteiger partial charge is 0.0628 e. The van der Waals surface area contributed by atoms with Gasteiger partial charge in [-0.2, -0.15) is 0 Å². The van der Waals surface area contributed by atoms with Gasteiger partial charge in [-0.05, 0) is 114 Å². The van der Waals surface area contributed by atoms with E-state index in [-0.39, 0.29) is 18.7 Å². The lowest BCUT2D eigenvalue weighted by Gasteiger charge is -2.30. The van der Waals surface area contributed by atoms with Crippen LogP contribution >= 0.6 is 0 Å². The summed E-state index contributed by atoms with van der Waals surface area (Å²) in [6, 6.07) is 102. The average Bonchev–Trinajstić information content (AvgIpc) is 3.96. The lowest BCUT2D eigenvalue weighted by atomic mass is 9.93. The largest absolute Gasteiger partial charge is 0.394 e. The van der Waals surface area contributed by atoms with Crippen LogP contribution in [0.3, 0.4) is 0 Å². The summed E-state index contributed by atoms with van der Waals surface area (Å²) in [6.45, 7) is 2.80. The second-order valence-corrected chi connectivity index (χ2v) is 20.6. The van der Waals surface area contributed by atoms with Gasteiger partial charge in [0.15, 0.2) is 0 Å². The van der Waals surface area contributed by atoms with E-state index in [0.717, 1.165) is 59.3 Å². The fourth-order valence-corrected chi connectivity index (χ4v) is 11.6. The predicted octanol–water partition coefficient (Wildman–Crippen LogP) is 17.5. The standard InChI is InChI=1S/C77H68N2O/c80-58-77(66-40-23-8-24-41-66)79(54-50-73(63-34-17-5-18-35-63)64-36-19-6-20-37-64)55-51-74(65-38-21-7-22-39-65)69-43-25-42-67(56-69)68-44-46-75-70(57-68)45-47-76(75)78(52-48-71(59-26-9-1-10-27-59)60-28-11-2-12-29-60)53-49-72(61-30-13-3-14-31-61)62-32-15-4-16-33-62/h1-44,46,48-51,56-57,76-77,80H,45,47,52-55,58H2/b74-51+/t76-,77-/m1/s1. The van der Waals surface area contributed by atoms with Crippen LogP contribution < -0.4 is 0 Å². The van der Waals surface area contributed by atoms with Gasteiger partial charge in [-0.25, -0.2) is 0 Å². The van der Waals surface area contributed by atoms with Crippen molar-refractivity contribution in [2.45, 2.75) is 24.9 Å². The van der Waals surface area contributed by atoms with Crippen molar-refractivity contribution in [1.82, 2.24) is 9.80 Å². The molecule has 0 spiro atoms. The molecule has 10 aromatic rings. The molecular weight excluding hydrogens is 969 g/mol. The number of hydrogen-bond donors (Lipinski definition) is 1. The first-order valence-electron chi connectivity index (χ1n) is 28.2. The van der Waals surface area contributed by atoms with Crippen molar-refractivity contribution in [2.75, 3.05) is 32.8 Å². The van der Waals surface area contributed by atoms with Crippen LogP contribution in [0.2, 0.25) is 0 Å². The number of benzene rings is 10. The highest BCUT2D eigenvalue weighted by Crippen LogP contribution is 2.40. The van der Waals surface area contributed by atoms with Gasteiger partial charge in [0.05, 0.1) is 12.6 Å². The molecule has 0 radical (unpaired) electrons. The summed E-state index contributed by atoms with van der Waals surface area (Å²) in [7, 11) is 0. The molecule has 0 fully saturated rings. The van der Waals surface area contributed by atoms with E-state index in [1.54, 1.807) is 0 Å². The normalized spacial score (nSPS) is 13.3. The highest BCUT2D eigenvalue weighted by Gasteiger charge is 2.28. The van der Waals surface area contributed by atoms with Crippen molar-refractivity contribution in [3.05, 3.63) is 371 Å². The molecule has 0 amide bonds. The Morgan fingerprint density at radius 3 is 1.09 bits per heavy atom. The maximum atomic E-state index is 11.2. The Morgan fingerprint density at radius 1 is 0.362 bits per heavy atom. The van der Waals surface area contributed by atoms with Crippen LogP contribution in [0.15, 0.2) is 309 Å². The van der Waals surface area contributed by atoms with E-state index in [1.807, 2.05) is 6.07 Å². The predicted molar refractivity (Wildman–Crippen MR) is 336 cm³/mol. The van der Waals surface area contributed by atoms with Crippen molar-refractivity contribution in [3.63, 3.8) is 0 Å². The number of rotatable bonds is 21. The summed E-state index contributed by atoms with van der Waals surface area (Å²) < 4.78 is 0. The Bertz CT molecular complexity index is 3450. The third-order valence-electron chi connectivity index (χ3n) is 15.6. The van der Waals surface area contributed by atoms with Crippen molar-refractivity contribution in [1.29, 1.82) is 0 Å². The third-order valence-corrected chi connectivity index (χ3v) is 15.6. The molecule has 3 nitrogen and oxygen atoms in total. The summed E-state index contributed by atoms with van der Waals surface area (Å²) >= 11 is 0. The minimum Gasteiger partial charge on any atom is -0.394 e. The molecule has 0 bridgehead atoms. The molecule has 0 aromatic heterocycles. The first-order chi connectivity index (χ1) is 39.7. The molecule has 3 heteroatoms. The van der Waals surface area contributed by atoms with Gasteiger partial charge in [-0.15, -0.1) is 0 Å². The van der Waals surface area contributed by atoms with E-state index < -0.39 is 0 Å². The van der Waals surface area contributed by atoms with Crippen molar-refractivity contribution in [2.24, 2.45) is 0 Å². The van der Waals surface area contributed by atoms with Gasteiger partial charge in [0.25, 0.3) is 0 Å². The SMILES string of the molecule is OC[C@H](c1ccccc1)N(CC=C(c1ccccc1)c1ccccc1)C/C=C(\c1ccccc1)c1cccc(-c2ccc3c(c2)CC[C@H]3N(CC=C(c2ccccc2)c2ccccc2)CC=C(c2ccccc2)c2ccccc2)c1. The molecule has 11 rings (SSSR count). The Hall–Kier alpha value is -8.96. The van der Waals surface area contributed by atoms with Gasteiger partial charge in [0.2, 0.25) is 0 Å². The molecule has 10 aromatic carbocycles. The quantitative estimate of drug-likeness (QED) is 0.0777. The Kier molecular flexibility index (Phi) is 17.6. The maximum Gasteiger partial charge on any atom is 0.0628 e. The summed E-state index contributed by atoms with van der Waals surface area (Å²) in [5.41, 5.74) is 20.7. The lowest BCUT2D eigenvalue weighted by molar-refractivity contribution is 0.146. The van der Waals surface area contributed by atoms with Gasteiger partial charge in [-0.1, -0.05) is 303 Å². The summed E-state index contributed by atoms with van der Waals surface area (Å²) in [4.78, 5) is 5.08. The van der Waals surface area contributed by atoms with Crippen LogP contribution in [-0.2, 0) is 6.42 Å². The Balaban J connectivity index is 0.931. The highest BCUT2D eigenvalue weighted by atomic mass is 16.3. The number of aliphatic hydroxyl groups excluding tert-OH is 1. The summed E-state index contributed by atoms with van der Waals surface area (Å²) in [5, 5.41) is 11.2. The minimum absolute atomic E-state index is 0.0109. The zero-order valence-electron chi connectivity index (χ0n) is 45.4. The van der Waals surface area contributed by atoms with Gasteiger partial charge >= 0.3 is 0 Å². The van der Waals surface area contributed by atoms with Crippen LogP contribution in [0.1, 0.15) is 79.7 Å². The zero-order chi connectivity index (χ0) is 54.1. The maximum absolute atomic E-state index is 11.2. The molecule has 80 heavy (non-hydrogen) atoms. The van der Waals surface area contributed by atoms with E-state index in [2.05, 4.69) is 313 Å². The zero-order valence-corrected chi connectivity index (χ0v) is 45.4. The summed E-state index contributed by atoms with van der Waals surface area (Å²) in [5.74, 6) is 0. The van der Waals surface area contributed by atoms with Gasteiger partial charge in [0.1, 0.15) is 0 Å². The monoisotopic (exact) mass is 1040 g/mol. The number of hydrogen-bond acceptors (Lipinski definition) is 3. The molecule has 0 aliphatic heterocycles. The first kappa shape index (κ1) is 53.1. The molecular formula is C77H68N2O. The van der Waals surface area contributed by atoms with E-state index in [4.69, 9.17) is 0 Å². The molecule has 1 aliphatic carbocycles. The molecule has 0 saturated heterocycles. The second kappa shape index (κ2) is 26.6. The Morgan fingerprint density at radius 2 is 0.700 bits per heavy atom. The van der Waals surface area contributed by atoms with E-state index in [1.165, 1.54) is 61.2 Å². The van der Waals surface area contributed by atoms with Crippen molar-refractivity contribution in [3.8, 4) is 11.1 Å². The molecule has 2 atom stereocenters. The van der Waals surface area contributed by atoms with E-state index in [0.29, 0.717) is 13.1 Å². The number of fused-ring (bicyclic) bond motifs is 1. The van der Waals surface area contributed by atoms with Crippen LogP contribution in [0, 0.1) is 0 Å². The fourth-order valence-electron chi connectivity index (χ4n) is 11.6. The molecule has 1 aliphatic rings. The van der Waals surface area contributed by atoms with Crippen LogP contribution in [0.5, 0.6) is 0 Å². The molecule has 392 valence electrons.